The maximum absolute atomic E-state index is 5.49. The van der Waals surface area contributed by atoms with E-state index in [1.807, 2.05) is 12.3 Å². The molecule has 1 fully saturated rings. The van der Waals surface area contributed by atoms with Crippen LogP contribution in [-0.2, 0) is 6.54 Å². The number of hydrogen-bond donors (Lipinski definition) is 0. The second kappa shape index (κ2) is 6.85. The molecule has 3 aromatic rings. The number of hydrogen-bond acceptors (Lipinski definition) is 3. The molecular formula is C22H24N2O. The minimum atomic E-state index is 0.571. The van der Waals surface area contributed by atoms with Crippen molar-refractivity contribution in [3.05, 3.63) is 77.4 Å². The van der Waals surface area contributed by atoms with E-state index in [1.165, 1.54) is 28.7 Å². The van der Waals surface area contributed by atoms with Gasteiger partial charge in [0.2, 0.25) is 0 Å². The van der Waals surface area contributed by atoms with E-state index in [4.69, 9.17) is 4.42 Å². The molecule has 3 heteroatoms. The van der Waals surface area contributed by atoms with Gasteiger partial charge in [-0.25, -0.2) is 0 Å². The van der Waals surface area contributed by atoms with E-state index in [-0.39, 0.29) is 0 Å². The third-order valence-electron chi connectivity index (χ3n) is 5.37. The van der Waals surface area contributed by atoms with Gasteiger partial charge in [-0.3, -0.25) is 9.88 Å². The highest BCUT2D eigenvalue weighted by atomic mass is 16.3. The monoisotopic (exact) mass is 332 g/mol. The summed E-state index contributed by atoms with van der Waals surface area (Å²) in [6, 6.07) is 14.9. The van der Waals surface area contributed by atoms with Crippen molar-refractivity contribution >= 4 is 0 Å². The Labute approximate surface area is 149 Å². The van der Waals surface area contributed by atoms with Gasteiger partial charge in [0.1, 0.15) is 5.76 Å². The molecule has 4 rings (SSSR count). The number of pyridine rings is 1. The van der Waals surface area contributed by atoms with Crippen molar-refractivity contribution in [1.82, 2.24) is 9.88 Å². The number of aryl methyl sites for hydroxylation is 1. The molecule has 0 radical (unpaired) electrons. The molecule has 0 aliphatic carbocycles. The molecule has 1 aromatic carbocycles. The number of likely N-dealkylation sites (tertiary alicyclic amines) is 1. The van der Waals surface area contributed by atoms with Crippen LogP contribution in [0.1, 0.15) is 34.8 Å². The molecule has 0 saturated carbocycles. The Morgan fingerprint density at radius 2 is 2.08 bits per heavy atom. The molecule has 0 spiro atoms. The van der Waals surface area contributed by atoms with E-state index in [0.29, 0.717) is 5.92 Å². The second-order valence-corrected chi connectivity index (χ2v) is 7.02. The highest BCUT2D eigenvalue weighted by molar-refractivity contribution is 5.65. The zero-order chi connectivity index (χ0) is 17.2. The maximum Gasteiger partial charge on any atom is 0.117 e. The summed E-state index contributed by atoms with van der Waals surface area (Å²) < 4.78 is 5.49. The molecule has 25 heavy (non-hydrogen) atoms. The summed E-state index contributed by atoms with van der Waals surface area (Å²) in [7, 11) is 0. The molecule has 3 heterocycles. The minimum absolute atomic E-state index is 0.571. The van der Waals surface area contributed by atoms with Crippen LogP contribution in [0.5, 0.6) is 0 Å². The van der Waals surface area contributed by atoms with Gasteiger partial charge in [0.05, 0.1) is 18.5 Å². The van der Waals surface area contributed by atoms with Crippen LogP contribution in [0.4, 0.5) is 0 Å². The molecule has 0 bridgehead atoms. The van der Waals surface area contributed by atoms with Crippen LogP contribution in [0.25, 0.3) is 11.3 Å². The smallest absolute Gasteiger partial charge is 0.117 e. The number of furan rings is 1. The molecule has 1 aliphatic heterocycles. The number of nitrogens with zero attached hydrogens (tertiary/aromatic N) is 2. The molecule has 3 nitrogen and oxygen atoms in total. The quantitative estimate of drug-likeness (QED) is 0.677. The average Bonchev–Trinajstić information content (AvgIpc) is 3.30. The summed E-state index contributed by atoms with van der Waals surface area (Å²) in [5.74, 6) is 1.62. The zero-order valence-electron chi connectivity index (χ0n) is 14.9. The lowest BCUT2D eigenvalue weighted by Gasteiger charge is -2.15. The van der Waals surface area contributed by atoms with E-state index in [9.17, 15) is 0 Å². The van der Waals surface area contributed by atoms with Crippen LogP contribution in [0, 0.1) is 13.8 Å². The third kappa shape index (κ3) is 3.38. The Balaban J connectivity index is 1.53. The summed E-state index contributed by atoms with van der Waals surface area (Å²) in [6.45, 7) is 7.44. The lowest BCUT2D eigenvalue weighted by molar-refractivity contribution is 0.294. The molecule has 1 saturated heterocycles. The van der Waals surface area contributed by atoms with Gasteiger partial charge in [-0.1, -0.05) is 18.2 Å². The van der Waals surface area contributed by atoms with E-state index in [2.05, 4.69) is 60.1 Å². The van der Waals surface area contributed by atoms with Crippen molar-refractivity contribution in [3.63, 3.8) is 0 Å². The fourth-order valence-electron chi connectivity index (χ4n) is 3.75. The van der Waals surface area contributed by atoms with Gasteiger partial charge < -0.3 is 4.42 Å². The van der Waals surface area contributed by atoms with Gasteiger partial charge in [0.15, 0.2) is 0 Å². The second-order valence-electron chi connectivity index (χ2n) is 7.02. The normalized spacial score (nSPS) is 17.9. The molecular weight excluding hydrogens is 308 g/mol. The first-order valence-electron chi connectivity index (χ1n) is 8.98. The molecule has 0 amide bonds. The lowest BCUT2D eigenvalue weighted by Crippen LogP contribution is -2.19. The fourth-order valence-corrected chi connectivity index (χ4v) is 3.75. The largest absolute Gasteiger partial charge is 0.468 e. The van der Waals surface area contributed by atoms with Crippen molar-refractivity contribution in [3.8, 4) is 11.3 Å². The lowest BCUT2D eigenvalue weighted by atomic mass is 9.95. The zero-order valence-corrected chi connectivity index (χ0v) is 14.9. The van der Waals surface area contributed by atoms with Crippen molar-refractivity contribution < 1.29 is 4.42 Å². The van der Waals surface area contributed by atoms with Crippen LogP contribution in [0.15, 0.2) is 59.3 Å². The summed E-state index contributed by atoms with van der Waals surface area (Å²) in [5.41, 5.74) is 6.36. The SMILES string of the molecule is Cc1cccc(-c2cc(C3CCN(Cc4ccco4)C3)ccn2)c1C. The van der Waals surface area contributed by atoms with Crippen molar-refractivity contribution in [2.45, 2.75) is 32.7 Å². The van der Waals surface area contributed by atoms with Crippen molar-refractivity contribution in [2.24, 2.45) is 0 Å². The van der Waals surface area contributed by atoms with Gasteiger partial charge >= 0.3 is 0 Å². The highest BCUT2D eigenvalue weighted by Crippen LogP contribution is 2.31. The molecule has 0 N–H and O–H groups in total. The number of rotatable bonds is 4. The number of aromatic nitrogens is 1. The Morgan fingerprint density at radius 1 is 1.16 bits per heavy atom. The summed E-state index contributed by atoms with van der Waals surface area (Å²) in [5, 5.41) is 0. The van der Waals surface area contributed by atoms with Crippen LogP contribution in [0.3, 0.4) is 0 Å². The van der Waals surface area contributed by atoms with Gasteiger partial charge in [-0.2, -0.15) is 0 Å². The van der Waals surface area contributed by atoms with Crippen LogP contribution < -0.4 is 0 Å². The molecule has 128 valence electrons. The van der Waals surface area contributed by atoms with Gasteiger partial charge in [-0.15, -0.1) is 0 Å². The fraction of sp³-hybridized carbons (Fsp3) is 0.318. The summed E-state index contributed by atoms with van der Waals surface area (Å²) in [4.78, 5) is 7.11. The summed E-state index contributed by atoms with van der Waals surface area (Å²) in [6.07, 6.45) is 4.90. The van der Waals surface area contributed by atoms with Gasteiger partial charge in [-0.05, 0) is 73.7 Å². The van der Waals surface area contributed by atoms with Crippen molar-refractivity contribution in [2.75, 3.05) is 13.1 Å². The first kappa shape index (κ1) is 16.1. The first-order chi connectivity index (χ1) is 12.2. The van der Waals surface area contributed by atoms with Crippen LogP contribution in [0.2, 0.25) is 0 Å². The summed E-state index contributed by atoms with van der Waals surface area (Å²) >= 11 is 0. The molecule has 1 aliphatic rings. The molecule has 2 aromatic heterocycles. The highest BCUT2D eigenvalue weighted by Gasteiger charge is 2.24. The molecule has 1 atom stereocenters. The topological polar surface area (TPSA) is 29.3 Å². The Kier molecular flexibility index (Phi) is 4.41. The van der Waals surface area contributed by atoms with Crippen LogP contribution >= 0.6 is 0 Å². The number of benzene rings is 1. The standard InChI is InChI=1S/C22H24N2O/c1-16-5-3-7-21(17(16)2)22-13-18(8-10-23-22)19-9-11-24(14-19)15-20-6-4-12-25-20/h3-8,10,12-13,19H,9,11,14-15H2,1-2H3. The van der Waals surface area contributed by atoms with Crippen molar-refractivity contribution in [1.29, 1.82) is 0 Å². The van der Waals surface area contributed by atoms with Gasteiger partial charge in [0, 0.05) is 18.3 Å². The van der Waals surface area contributed by atoms with Gasteiger partial charge in [0.25, 0.3) is 0 Å². The van der Waals surface area contributed by atoms with E-state index in [0.717, 1.165) is 31.1 Å². The first-order valence-corrected chi connectivity index (χ1v) is 8.98. The predicted octanol–water partition coefficient (Wildman–Crippen LogP) is 4.95. The predicted molar refractivity (Wildman–Crippen MR) is 100 cm³/mol. The maximum atomic E-state index is 5.49. The Hall–Kier alpha value is -2.39. The van der Waals surface area contributed by atoms with E-state index >= 15 is 0 Å². The van der Waals surface area contributed by atoms with E-state index < -0.39 is 0 Å². The van der Waals surface area contributed by atoms with Crippen LogP contribution in [-0.4, -0.2) is 23.0 Å². The average molecular weight is 332 g/mol. The van der Waals surface area contributed by atoms with E-state index in [1.54, 1.807) is 6.26 Å². The Bertz CT molecular complexity index is 854. The minimum Gasteiger partial charge on any atom is -0.468 e. The third-order valence-corrected chi connectivity index (χ3v) is 5.37. The molecule has 1 unspecified atom stereocenters. The Morgan fingerprint density at radius 3 is 2.92 bits per heavy atom.